The number of hydrogen-bond acceptors (Lipinski definition) is 7. The number of carbonyl (C=O) groups is 4. The highest BCUT2D eigenvalue weighted by molar-refractivity contribution is 6.07. The normalized spacial score (nSPS) is 20.4. The minimum absolute atomic E-state index is 0.156. The molecule has 0 bridgehead atoms. The van der Waals surface area contributed by atoms with Gasteiger partial charge in [0.2, 0.25) is 11.8 Å². The van der Waals surface area contributed by atoms with E-state index < -0.39 is 11.9 Å². The molecule has 1 saturated heterocycles. The van der Waals surface area contributed by atoms with Crippen LogP contribution < -0.4 is 15.4 Å². The van der Waals surface area contributed by atoms with Gasteiger partial charge < -0.3 is 15.0 Å². The average Bonchev–Trinajstić information content (AvgIpc) is 3.07. The fourth-order valence-electron chi connectivity index (χ4n) is 3.99. The Hall–Kier alpha value is -3.82. The van der Waals surface area contributed by atoms with E-state index >= 15 is 0 Å². The molecule has 164 valence electrons. The van der Waals surface area contributed by atoms with Gasteiger partial charge in [-0.25, -0.2) is 9.97 Å². The van der Waals surface area contributed by atoms with Gasteiger partial charge in [0, 0.05) is 36.6 Å². The maximum atomic E-state index is 12.8. The number of fused-ring (bicyclic) bond motifs is 1. The molecule has 1 aromatic carbocycles. The third-order valence-electron chi connectivity index (χ3n) is 6.00. The number of piperidine rings is 1. The van der Waals surface area contributed by atoms with Crippen LogP contribution in [-0.4, -0.2) is 50.6 Å². The van der Waals surface area contributed by atoms with Crippen LogP contribution in [0.4, 0.5) is 5.69 Å². The van der Waals surface area contributed by atoms with E-state index in [1.807, 2.05) is 0 Å². The largest absolute Gasteiger partial charge is 0.460 e. The summed E-state index contributed by atoms with van der Waals surface area (Å²) in [6, 6.07) is 4.56. The Bertz CT molecular complexity index is 1110. The molecule has 1 aromatic heterocycles. The highest BCUT2D eigenvalue weighted by Crippen LogP contribution is 2.29. The molecule has 2 aliphatic heterocycles. The topological polar surface area (TPSA) is 131 Å². The van der Waals surface area contributed by atoms with Crippen LogP contribution >= 0.6 is 0 Å². The number of benzene rings is 1. The van der Waals surface area contributed by atoms with Gasteiger partial charge in [0.05, 0.1) is 5.56 Å². The Morgan fingerprint density at radius 3 is 2.59 bits per heavy atom. The summed E-state index contributed by atoms with van der Waals surface area (Å²) in [6.07, 6.45) is 6.61. The van der Waals surface area contributed by atoms with Crippen molar-refractivity contribution in [2.24, 2.45) is 0 Å². The Kier molecular flexibility index (Phi) is 5.04. The molecule has 1 atom stereocenters. The van der Waals surface area contributed by atoms with E-state index in [-0.39, 0.29) is 48.4 Å². The van der Waals surface area contributed by atoms with Crippen molar-refractivity contribution in [2.75, 3.05) is 5.32 Å². The van der Waals surface area contributed by atoms with E-state index in [9.17, 15) is 19.2 Å². The van der Waals surface area contributed by atoms with Crippen molar-refractivity contribution in [3.8, 4) is 6.01 Å². The lowest BCUT2D eigenvalue weighted by Crippen LogP contribution is -2.52. The number of nitrogens with zero attached hydrogens (tertiary/aromatic N) is 3. The first-order valence-electron chi connectivity index (χ1n) is 10.6. The van der Waals surface area contributed by atoms with Gasteiger partial charge in [-0.3, -0.25) is 24.5 Å². The summed E-state index contributed by atoms with van der Waals surface area (Å²) in [4.78, 5) is 58.5. The fourth-order valence-corrected chi connectivity index (χ4v) is 3.99. The summed E-state index contributed by atoms with van der Waals surface area (Å²) < 4.78 is 5.60. The van der Waals surface area contributed by atoms with Crippen LogP contribution in [0.3, 0.4) is 0 Å². The van der Waals surface area contributed by atoms with Gasteiger partial charge in [-0.15, -0.1) is 0 Å². The van der Waals surface area contributed by atoms with Gasteiger partial charge >= 0.3 is 6.01 Å². The maximum Gasteiger partial charge on any atom is 0.316 e. The Labute approximate surface area is 183 Å². The zero-order chi connectivity index (χ0) is 22.2. The predicted octanol–water partition coefficient (Wildman–Crippen LogP) is 1.42. The molecule has 5 rings (SSSR count). The molecule has 2 aromatic rings. The van der Waals surface area contributed by atoms with Crippen molar-refractivity contribution < 1.29 is 23.9 Å². The zero-order valence-corrected chi connectivity index (χ0v) is 17.2. The van der Waals surface area contributed by atoms with Crippen LogP contribution in [0.5, 0.6) is 6.01 Å². The lowest BCUT2D eigenvalue weighted by atomic mass is 9.96. The van der Waals surface area contributed by atoms with Crippen molar-refractivity contribution in [1.82, 2.24) is 20.2 Å². The van der Waals surface area contributed by atoms with Crippen LogP contribution in [0.1, 0.15) is 58.4 Å². The molecule has 1 saturated carbocycles. The van der Waals surface area contributed by atoms with E-state index in [1.54, 1.807) is 18.2 Å². The van der Waals surface area contributed by atoms with Crippen molar-refractivity contribution in [3.05, 3.63) is 47.3 Å². The number of amides is 4. The maximum absolute atomic E-state index is 12.8. The second-order valence-electron chi connectivity index (χ2n) is 8.15. The lowest BCUT2D eigenvalue weighted by molar-refractivity contribution is -0.136. The zero-order valence-electron chi connectivity index (χ0n) is 17.2. The van der Waals surface area contributed by atoms with Crippen LogP contribution in [0, 0.1) is 0 Å². The number of ether oxygens (including phenoxy) is 1. The number of imide groups is 1. The molecule has 3 aliphatic rings. The molecule has 4 amide bonds. The van der Waals surface area contributed by atoms with E-state index in [2.05, 4.69) is 20.6 Å². The van der Waals surface area contributed by atoms with Gasteiger partial charge in [-0.2, -0.15) is 0 Å². The van der Waals surface area contributed by atoms with Gasteiger partial charge in [-0.05, 0) is 49.4 Å². The molecule has 32 heavy (non-hydrogen) atoms. The number of aromatic nitrogens is 2. The molecule has 0 radical (unpaired) electrons. The minimum atomic E-state index is -0.677. The number of anilines is 1. The first kappa shape index (κ1) is 20.1. The predicted molar refractivity (Wildman–Crippen MR) is 111 cm³/mol. The molecule has 10 nitrogen and oxygen atoms in total. The number of carbonyl (C=O) groups excluding carboxylic acids is 4. The van der Waals surface area contributed by atoms with Gasteiger partial charge in [0.1, 0.15) is 12.1 Å². The third-order valence-corrected chi connectivity index (χ3v) is 6.00. The minimum Gasteiger partial charge on any atom is -0.460 e. The molecule has 2 fully saturated rings. The standard InChI is InChI=1S/C22H21N5O5/c28-18-7-6-17(20(30)26-18)27-11-12-8-14(4-5-16(12)21(27)31)25-19(29)13-9-23-22(24-10-13)32-15-2-1-3-15/h4-5,8-10,15,17H,1-3,6-7,11H2,(H,25,29)(H,26,28,30). The molecular weight excluding hydrogens is 414 g/mol. The molecule has 1 aliphatic carbocycles. The summed E-state index contributed by atoms with van der Waals surface area (Å²) in [7, 11) is 0. The van der Waals surface area contributed by atoms with E-state index in [1.165, 1.54) is 17.3 Å². The van der Waals surface area contributed by atoms with E-state index in [0.29, 0.717) is 23.2 Å². The van der Waals surface area contributed by atoms with Crippen molar-refractivity contribution >= 4 is 29.3 Å². The lowest BCUT2D eigenvalue weighted by Gasteiger charge is -2.29. The van der Waals surface area contributed by atoms with Crippen LogP contribution in [0.15, 0.2) is 30.6 Å². The molecule has 2 N–H and O–H groups in total. The number of nitrogens with one attached hydrogen (secondary N) is 2. The molecule has 0 spiro atoms. The van der Waals surface area contributed by atoms with Crippen molar-refractivity contribution in [1.29, 1.82) is 0 Å². The van der Waals surface area contributed by atoms with Crippen molar-refractivity contribution in [3.63, 3.8) is 0 Å². The van der Waals surface area contributed by atoms with E-state index in [4.69, 9.17) is 4.74 Å². The average molecular weight is 435 g/mol. The Balaban J connectivity index is 1.25. The summed E-state index contributed by atoms with van der Waals surface area (Å²) in [6.45, 7) is 0.237. The van der Waals surface area contributed by atoms with Gasteiger partial charge in [0.25, 0.3) is 11.8 Å². The molecular formula is C22H21N5O5. The molecule has 1 unspecified atom stereocenters. The smallest absolute Gasteiger partial charge is 0.316 e. The van der Waals surface area contributed by atoms with E-state index in [0.717, 1.165) is 19.3 Å². The van der Waals surface area contributed by atoms with Gasteiger partial charge in [-0.1, -0.05) is 0 Å². The summed E-state index contributed by atoms with van der Waals surface area (Å²) >= 11 is 0. The number of rotatable bonds is 5. The summed E-state index contributed by atoms with van der Waals surface area (Å²) in [5.41, 5.74) is 1.99. The summed E-state index contributed by atoms with van der Waals surface area (Å²) in [5.74, 6) is -1.43. The fraction of sp³-hybridized carbons (Fsp3) is 0.364. The monoisotopic (exact) mass is 435 g/mol. The Morgan fingerprint density at radius 2 is 1.91 bits per heavy atom. The SMILES string of the molecule is O=C1CCC(N2Cc3cc(NC(=O)c4cnc(OC5CCC5)nc4)ccc3C2=O)C(=O)N1. The molecule has 3 heterocycles. The van der Waals surface area contributed by atoms with Crippen LogP contribution in [0.25, 0.3) is 0 Å². The second-order valence-corrected chi connectivity index (χ2v) is 8.15. The quantitative estimate of drug-likeness (QED) is 0.679. The highest BCUT2D eigenvalue weighted by Gasteiger charge is 2.39. The first-order chi connectivity index (χ1) is 15.5. The summed E-state index contributed by atoms with van der Waals surface area (Å²) in [5, 5.41) is 5.06. The second kappa shape index (κ2) is 8.03. The van der Waals surface area contributed by atoms with Crippen LogP contribution in [0.2, 0.25) is 0 Å². The van der Waals surface area contributed by atoms with Gasteiger partial charge in [0.15, 0.2) is 0 Å². The third kappa shape index (κ3) is 3.79. The highest BCUT2D eigenvalue weighted by atomic mass is 16.5. The number of hydrogen-bond donors (Lipinski definition) is 2. The molecule has 10 heteroatoms. The van der Waals surface area contributed by atoms with Crippen LogP contribution in [-0.2, 0) is 16.1 Å². The van der Waals surface area contributed by atoms with Crippen molar-refractivity contribution in [2.45, 2.75) is 50.8 Å². The first-order valence-corrected chi connectivity index (χ1v) is 10.6. The Morgan fingerprint density at radius 1 is 1.12 bits per heavy atom.